The van der Waals surface area contributed by atoms with Crippen LogP contribution in [0, 0.1) is 0 Å². The molecule has 1 aromatic carbocycles. The topological polar surface area (TPSA) is 74.2 Å². The van der Waals surface area contributed by atoms with Crippen LogP contribution in [0.3, 0.4) is 0 Å². The lowest BCUT2D eigenvalue weighted by atomic mass is 10.1. The second kappa shape index (κ2) is 5.06. The van der Waals surface area contributed by atoms with Gasteiger partial charge in [0.1, 0.15) is 0 Å². The number of alkyl halides is 1. The monoisotopic (exact) mass is 331 g/mol. The van der Waals surface area contributed by atoms with E-state index < -0.39 is 15.4 Å². The lowest BCUT2D eigenvalue weighted by Crippen LogP contribution is -2.28. The molecule has 21 heavy (non-hydrogen) atoms. The average molecular weight is 332 g/mol. The van der Waals surface area contributed by atoms with Gasteiger partial charge in [0.25, 0.3) is 0 Å². The van der Waals surface area contributed by atoms with Crippen molar-refractivity contribution < 1.29 is 22.7 Å². The van der Waals surface area contributed by atoms with E-state index in [1.165, 1.54) is 0 Å². The van der Waals surface area contributed by atoms with E-state index in [1.807, 2.05) is 0 Å². The zero-order valence-corrected chi connectivity index (χ0v) is 12.9. The number of nitrogens with zero attached hydrogens (tertiary/aromatic N) is 1. The molecule has 0 aromatic heterocycles. The molecule has 114 valence electrons. The van der Waals surface area contributed by atoms with Gasteiger partial charge in [-0.1, -0.05) is 11.2 Å². The van der Waals surface area contributed by atoms with Gasteiger partial charge in [-0.15, -0.1) is 11.6 Å². The van der Waals surface area contributed by atoms with Crippen LogP contribution in [0.1, 0.15) is 18.9 Å². The van der Waals surface area contributed by atoms with Gasteiger partial charge in [-0.3, -0.25) is 0 Å². The van der Waals surface area contributed by atoms with Crippen molar-refractivity contribution in [2.75, 3.05) is 12.7 Å². The van der Waals surface area contributed by atoms with Crippen LogP contribution in [-0.4, -0.2) is 31.7 Å². The number of hydrogen-bond acceptors (Lipinski definition) is 6. The minimum atomic E-state index is -3.54. The first-order chi connectivity index (χ1) is 9.92. The zero-order chi connectivity index (χ0) is 15.1. The maximum atomic E-state index is 12.4. The van der Waals surface area contributed by atoms with E-state index in [9.17, 15) is 8.42 Å². The number of halogens is 1. The molecule has 1 aromatic rings. The van der Waals surface area contributed by atoms with Crippen molar-refractivity contribution in [2.45, 2.75) is 24.7 Å². The number of rotatable bonds is 3. The molecule has 0 amide bonds. The number of fused-ring (bicyclic) bond motifs is 1. The van der Waals surface area contributed by atoms with Crippen LogP contribution in [-0.2, 0) is 20.4 Å². The third-order valence-electron chi connectivity index (χ3n) is 3.33. The Morgan fingerprint density at radius 1 is 1.33 bits per heavy atom. The van der Waals surface area contributed by atoms with E-state index >= 15 is 0 Å². The second-order valence-electron chi connectivity index (χ2n) is 5.28. The highest BCUT2D eigenvalue weighted by atomic mass is 35.5. The van der Waals surface area contributed by atoms with Gasteiger partial charge in [-0.25, -0.2) is 8.42 Å². The summed E-state index contributed by atoms with van der Waals surface area (Å²) >= 11 is 5.76. The number of sulfone groups is 1. The van der Waals surface area contributed by atoms with Crippen molar-refractivity contribution in [3.8, 4) is 11.5 Å². The molecule has 0 fully saturated rings. The molecule has 0 bridgehead atoms. The van der Waals surface area contributed by atoms with E-state index in [0.717, 1.165) is 0 Å². The Morgan fingerprint density at radius 3 is 2.81 bits per heavy atom. The predicted molar refractivity (Wildman–Crippen MR) is 77.5 cm³/mol. The predicted octanol–water partition coefficient (Wildman–Crippen LogP) is 2.06. The summed E-state index contributed by atoms with van der Waals surface area (Å²) in [6.45, 7) is 1.88. The molecule has 1 unspecified atom stereocenters. The Morgan fingerprint density at radius 2 is 2.10 bits per heavy atom. The molecular formula is C13H14ClNO5S. The summed E-state index contributed by atoms with van der Waals surface area (Å²) in [7, 11) is -3.54. The zero-order valence-electron chi connectivity index (χ0n) is 11.3. The van der Waals surface area contributed by atoms with Crippen molar-refractivity contribution in [3.63, 3.8) is 0 Å². The first-order valence-corrected chi connectivity index (χ1v) is 8.53. The standard InChI is InChI=1S/C13H14ClNO5S/c1-13(7-14)5-12(15-20-13)21(16,17)6-9-2-3-10-11(4-9)19-8-18-10/h2-4H,5-8H2,1H3. The molecular weight excluding hydrogens is 318 g/mol. The van der Waals surface area contributed by atoms with Gasteiger partial charge in [0.05, 0.1) is 11.6 Å². The number of ether oxygens (including phenoxy) is 2. The maximum Gasteiger partial charge on any atom is 0.231 e. The molecule has 0 saturated heterocycles. The number of oxime groups is 1. The number of hydrogen-bond donors (Lipinski definition) is 0. The van der Waals surface area contributed by atoms with E-state index in [-0.39, 0.29) is 29.9 Å². The van der Waals surface area contributed by atoms with E-state index in [2.05, 4.69) is 5.16 Å². The lowest BCUT2D eigenvalue weighted by molar-refractivity contribution is 0.0152. The Hall–Kier alpha value is -1.47. The SMILES string of the molecule is CC1(CCl)CC(S(=O)(=O)Cc2ccc3c(c2)OCO3)=NO1. The molecule has 2 aliphatic rings. The van der Waals surface area contributed by atoms with Crippen LogP contribution in [0.25, 0.3) is 0 Å². The summed E-state index contributed by atoms with van der Waals surface area (Å²) in [5, 5.41) is 3.72. The molecule has 0 radical (unpaired) electrons. The molecule has 8 heteroatoms. The molecule has 3 rings (SSSR count). The normalized spacial score (nSPS) is 23.8. The molecule has 2 heterocycles. The van der Waals surface area contributed by atoms with Crippen molar-refractivity contribution in [1.29, 1.82) is 0 Å². The van der Waals surface area contributed by atoms with Crippen molar-refractivity contribution in [1.82, 2.24) is 0 Å². The van der Waals surface area contributed by atoms with Gasteiger partial charge in [-0.2, -0.15) is 0 Å². The molecule has 1 atom stereocenters. The first kappa shape index (κ1) is 14.5. The Kier molecular flexibility index (Phi) is 3.49. The molecule has 0 aliphatic carbocycles. The summed E-state index contributed by atoms with van der Waals surface area (Å²) in [6, 6.07) is 5.06. The highest BCUT2D eigenvalue weighted by molar-refractivity contribution is 8.05. The van der Waals surface area contributed by atoms with Crippen LogP contribution >= 0.6 is 11.6 Å². The average Bonchev–Trinajstić information content (AvgIpc) is 3.05. The molecule has 0 spiro atoms. The maximum absolute atomic E-state index is 12.4. The van der Waals surface area contributed by atoms with Crippen molar-refractivity contribution in [2.24, 2.45) is 5.16 Å². The summed E-state index contributed by atoms with van der Waals surface area (Å²) < 4.78 is 35.2. The fourth-order valence-electron chi connectivity index (χ4n) is 2.12. The second-order valence-corrected chi connectivity index (χ2v) is 7.54. The smallest absolute Gasteiger partial charge is 0.231 e. The fraction of sp³-hybridized carbons (Fsp3) is 0.462. The minimum Gasteiger partial charge on any atom is -0.454 e. The van der Waals surface area contributed by atoms with Crippen molar-refractivity contribution in [3.05, 3.63) is 23.8 Å². The Labute approximate surface area is 127 Å². The van der Waals surface area contributed by atoms with Crippen LogP contribution < -0.4 is 9.47 Å². The van der Waals surface area contributed by atoms with E-state index in [0.29, 0.717) is 17.1 Å². The van der Waals surface area contributed by atoms with Crippen LogP contribution in [0.2, 0.25) is 0 Å². The van der Waals surface area contributed by atoms with Gasteiger partial charge in [0.2, 0.25) is 6.79 Å². The first-order valence-electron chi connectivity index (χ1n) is 6.34. The van der Waals surface area contributed by atoms with E-state index in [1.54, 1.807) is 25.1 Å². The summed E-state index contributed by atoms with van der Waals surface area (Å²) in [5.74, 6) is 1.19. The Bertz CT molecular complexity index is 703. The quantitative estimate of drug-likeness (QED) is 0.793. The Balaban J connectivity index is 1.78. The van der Waals surface area contributed by atoms with Gasteiger partial charge < -0.3 is 14.3 Å². The van der Waals surface area contributed by atoms with E-state index in [4.69, 9.17) is 25.9 Å². The highest BCUT2D eigenvalue weighted by Gasteiger charge is 2.39. The van der Waals surface area contributed by atoms with Crippen LogP contribution in [0.15, 0.2) is 23.4 Å². The van der Waals surface area contributed by atoms with Crippen molar-refractivity contribution >= 4 is 26.5 Å². The third-order valence-corrected chi connectivity index (χ3v) is 5.54. The summed E-state index contributed by atoms with van der Waals surface area (Å²) in [4.78, 5) is 5.13. The number of benzene rings is 1. The fourth-order valence-corrected chi connectivity index (χ4v) is 3.72. The highest BCUT2D eigenvalue weighted by Crippen LogP contribution is 2.34. The van der Waals surface area contributed by atoms with Crippen LogP contribution in [0.4, 0.5) is 0 Å². The molecule has 6 nitrogen and oxygen atoms in total. The molecule has 0 N–H and O–H groups in total. The largest absolute Gasteiger partial charge is 0.454 e. The lowest BCUT2D eigenvalue weighted by Gasteiger charge is -2.16. The minimum absolute atomic E-state index is 0.0308. The third kappa shape index (κ3) is 2.80. The van der Waals surface area contributed by atoms with Gasteiger partial charge >= 0.3 is 0 Å². The van der Waals surface area contributed by atoms with Crippen LogP contribution in [0.5, 0.6) is 11.5 Å². The molecule has 2 aliphatic heterocycles. The van der Waals surface area contributed by atoms with Gasteiger partial charge in [0, 0.05) is 6.42 Å². The summed E-state index contributed by atoms with van der Waals surface area (Å²) in [5.41, 5.74) is -0.139. The van der Waals surface area contributed by atoms with Gasteiger partial charge in [-0.05, 0) is 24.6 Å². The summed E-state index contributed by atoms with van der Waals surface area (Å²) in [6.07, 6.45) is 0.184. The molecule has 0 saturated carbocycles. The van der Waals surface area contributed by atoms with Gasteiger partial charge in [0.15, 0.2) is 32.0 Å².